The predicted molar refractivity (Wildman–Crippen MR) is 50.8 cm³/mol. The second-order valence-electron chi connectivity index (χ2n) is 3.59. The van der Waals surface area contributed by atoms with Gasteiger partial charge >= 0.3 is 12.1 Å². The third-order valence-corrected chi connectivity index (χ3v) is 2.46. The number of likely N-dealkylation sites (tertiary alicyclic amines) is 1. The first-order valence-electron chi connectivity index (χ1n) is 4.87. The van der Waals surface area contributed by atoms with Crippen LogP contribution in [0.2, 0.25) is 0 Å². The highest BCUT2D eigenvalue weighted by molar-refractivity contribution is 5.71. The Balaban J connectivity index is 2.31. The number of hydrogen-bond donors (Lipinski definition) is 2. The molecule has 15 heavy (non-hydrogen) atoms. The van der Waals surface area contributed by atoms with Crippen LogP contribution in [-0.2, 0) is 9.53 Å². The van der Waals surface area contributed by atoms with Gasteiger partial charge in [-0.3, -0.25) is 0 Å². The number of carboxylic acids is 1. The van der Waals surface area contributed by atoms with Crippen molar-refractivity contribution in [3.63, 3.8) is 0 Å². The zero-order chi connectivity index (χ0) is 11.4. The molecule has 1 atom stereocenters. The first-order valence-corrected chi connectivity index (χ1v) is 4.87. The van der Waals surface area contributed by atoms with Gasteiger partial charge < -0.3 is 19.8 Å². The number of piperidine rings is 1. The SMILES string of the molecule is CC(OC1CCN(C(=O)O)CC1)C(=O)O. The maximum absolute atomic E-state index is 10.6. The number of hydrogen-bond acceptors (Lipinski definition) is 3. The molecule has 0 radical (unpaired) electrons. The van der Waals surface area contributed by atoms with E-state index in [0.29, 0.717) is 25.9 Å². The van der Waals surface area contributed by atoms with Crippen LogP contribution in [0.15, 0.2) is 0 Å². The lowest BCUT2D eigenvalue weighted by Gasteiger charge is -2.30. The van der Waals surface area contributed by atoms with Gasteiger partial charge in [-0.25, -0.2) is 9.59 Å². The van der Waals surface area contributed by atoms with Crippen molar-refractivity contribution in [1.29, 1.82) is 0 Å². The Morgan fingerprint density at radius 1 is 1.33 bits per heavy atom. The molecule has 1 heterocycles. The van der Waals surface area contributed by atoms with E-state index in [1.54, 1.807) is 0 Å². The maximum Gasteiger partial charge on any atom is 0.407 e. The van der Waals surface area contributed by atoms with Crippen molar-refractivity contribution < 1.29 is 24.5 Å². The summed E-state index contributed by atoms with van der Waals surface area (Å²) in [6.07, 6.45) is -0.786. The van der Waals surface area contributed by atoms with Gasteiger partial charge in [0, 0.05) is 13.1 Å². The topological polar surface area (TPSA) is 87.1 Å². The Kier molecular flexibility index (Phi) is 3.90. The van der Waals surface area contributed by atoms with E-state index in [1.165, 1.54) is 11.8 Å². The molecule has 6 heteroatoms. The van der Waals surface area contributed by atoms with Crippen LogP contribution in [0, 0.1) is 0 Å². The molecule has 1 amide bonds. The summed E-state index contributed by atoms with van der Waals surface area (Å²) in [5.74, 6) is -0.990. The number of carboxylic acid groups (broad SMARTS) is 2. The molecule has 0 saturated carbocycles. The molecule has 1 rings (SSSR count). The van der Waals surface area contributed by atoms with Crippen molar-refractivity contribution >= 4 is 12.1 Å². The van der Waals surface area contributed by atoms with Crippen molar-refractivity contribution in [2.75, 3.05) is 13.1 Å². The summed E-state index contributed by atoms with van der Waals surface area (Å²) in [6, 6.07) is 0. The van der Waals surface area contributed by atoms with Crippen LogP contribution >= 0.6 is 0 Å². The number of ether oxygens (including phenoxy) is 1. The number of rotatable bonds is 3. The Hall–Kier alpha value is -1.30. The highest BCUT2D eigenvalue weighted by Gasteiger charge is 2.25. The molecule has 0 aliphatic carbocycles. The van der Waals surface area contributed by atoms with Gasteiger partial charge in [-0.05, 0) is 19.8 Å². The van der Waals surface area contributed by atoms with Gasteiger partial charge in [0.2, 0.25) is 0 Å². The minimum Gasteiger partial charge on any atom is -0.479 e. The van der Waals surface area contributed by atoms with E-state index < -0.39 is 18.2 Å². The zero-order valence-electron chi connectivity index (χ0n) is 8.55. The van der Waals surface area contributed by atoms with Gasteiger partial charge in [-0.15, -0.1) is 0 Å². The lowest BCUT2D eigenvalue weighted by Crippen LogP contribution is -2.41. The number of nitrogens with zero attached hydrogens (tertiary/aromatic N) is 1. The molecule has 0 aromatic carbocycles. The van der Waals surface area contributed by atoms with E-state index in [0.717, 1.165) is 0 Å². The average Bonchev–Trinajstić information content (AvgIpc) is 2.18. The van der Waals surface area contributed by atoms with Crippen LogP contribution in [0.5, 0.6) is 0 Å². The molecule has 1 saturated heterocycles. The Morgan fingerprint density at radius 3 is 2.27 bits per heavy atom. The third-order valence-electron chi connectivity index (χ3n) is 2.46. The molecular weight excluding hydrogens is 202 g/mol. The van der Waals surface area contributed by atoms with E-state index in [4.69, 9.17) is 14.9 Å². The molecule has 1 unspecified atom stereocenters. The van der Waals surface area contributed by atoms with Crippen molar-refractivity contribution in [3.05, 3.63) is 0 Å². The van der Waals surface area contributed by atoms with Crippen LogP contribution in [0.25, 0.3) is 0 Å². The molecule has 86 valence electrons. The Morgan fingerprint density at radius 2 is 1.87 bits per heavy atom. The van der Waals surface area contributed by atoms with E-state index in [2.05, 4.69) is 0 Å². The van der Waals surface area contributed by atoms with Crippen molar-refractivity contribution in [1.82, 2.24) is 4.90 Å². The van der Waals surface area contributed by atoms with Crippen LogP contribution < -0.4 is 0 Å². The lowest BCUT2D eigenvalue weighted by molar-refractivity contribution is -0.154. The smallest absolute Gasteiger partial charge is 0.407 e. The van der Waals surface area contributed by atoms with Crippen molar-refractivity contribution in [2.45, 2.75) is 32.0 Å². The van der Waals surface area contributed by atoms with E-state index in [-0.39, 0.29) is 6.10 Å². The van der Waals surface area contributed by atoms with Gasteiger partial charge in [0.15, 0.2) is 6.10 Å². The highest BCUT2D eigenvalue weighted by atomic mass is 16.5. The van der Waals surface area contributed by atoms with Crippen LogP contribution in [0.1, 0.15) is 19.8 Å². The fraction of sp³-hybridized carbons (Fsp3) is 0.778. The quantitative estimate of drug-likeness (QED) is 0.723. The summed E-state index contributed by atoms with van der Waals surface area (Å²) in [6.45, 7) is 2.30. The summed E-state index contributed by atoms with van der Waals surface area (Å²) in [5.41, 5.74) is 0. The van der Waals surface area contributed by atoms with Gasteiger partial charge in [0.1, 0.15) is 0 Å². The minimum atomic E-state index is -0.990. The maximum atomic E-state index is 10.6. The predicted octanol–water partition coefficient (Wildman–Crippen LogP) is 0.619. The number of carbonyl (C=O) groups is 2. The third kappa shape index (κ3) is 3.39. The van der Waals surface area contributed by atoms with Crippen LogP contribution in [-0.4, -0.2) is 52.5 Å². The molecule has 0 aromatic heterocycles. The van der Waals surface area contributed by atoms with Crippen LogP contribution in [0.3, 0.4) is 0 Å². The molecule has 2 N–H and O–H groups in total. The second-order valence-corrected chi connectivity index (χ2v) is 3.59. The molecule has 1 aliphatic heterocycles. The Labute approximate surface area is 87.4 Å². The summed E-state index contributed by atoms with van der Waals surface area (Å²) in [4.78, 5) is 22.4. The normalized spacial score (nSPS) is 19.9. The van der Waals surface area contributed by atoms with E-state index in [1.807, 2.05) is 0 Å². The highest BCUT2D eigenvalue weighted by Crippen LogP contribution is 2.15. The first-order chi connectivity index (χ1) is 7.00. The molecule has 0 aromatic rings. The molecule has 0 bridgehead atoms. The standard InChI is InChI=1S/C9H15NO5/c1-6(8(11)12)15-7-2-4-10(5-3-7)9(13)14/h6-7H,2-5H2,1H3,(H,11,12)(H,13,14). The second kappa shape index (κ2) is 4.97. The fourth-order valence-electron chi connectivity index (χ4n) is 1.53. The van der Waals surface area contributed by atoms with Gasteiger partial charge in [-0.1, -0.05) is 0 Å². The summed E-state index contributed by atoms with van der Waals surface area (Å²) >= 11 is 0. The van der Waals surface area contributed by atoms with Crippen molar-refractivity contribution in [2.24, 2.45) is 0 Å². The van der Waals surface area contributed by atoms with Gasteiger partial charge in [0.25, 0.3) is 0 Å². The van der Waals surface area contributed by atoms with E-state index in [9.17, 15) is 9.59 Å². The zero-order valence-corrected chi connectivity index (χ0v) is 8.55. The molecule has 1 aliphatic rings. The monoisotopic (exact) mass is 217 g/mol. The molecule has 1 fully saturated rings. The van der Waals surface area contributed by atoms with Crippen molar-refractivity contribution in [3.8, 4) is 0 Å². The van der Waals surface area contributed by atoms with Gasteiger partial charge in [0.05, 0.1) is 6.10 Å². The molecular formula is C9H15NO5. The van der Waals surface area contributed by atoms with E-state index >= 15 is 0 Å². The van der Waals surface area contributed by atoms with Crippen LogP contribution in [0.4, 0.5) is 4.79 Å². The molecule has 0 spiro atoms. The number of amides is 1. The first kappa shape index (κ1) is 11.8. The summed E-state index contributed by atoms with van der Waals surface area (Å²) in [7, 11) is 0. The number of aliphatic carboxylic acids is 1. The Bertz CT molecular complexity index is 247. The average molecular weight is 217 g/mol. The van der Waals surface area contributed by atoms with Gasteiger partial charge in [-0.2, -0.15) is 0 Å². The largest absolute Gasteiger partial charge is 0.479 e. The fourth-order valence-corrected chi connectivity index (χ4v) is 1.53. The molecule has 6 nitrogen and oxygen atoms in total. The summed E-state index contributed by atoms with van der Waals surface area (Å²) in [5, 5.41) is 17.3. The lowest BCUT2D eigenvalue weighted by atomic mass is 10.1. The minimum absolute atomic E-state index is 0.147. The summed E-state index contributed by atoms with van der Waals surface area (Å²) < 4.78 is 5.26.